The highest BCUT2D eigenvalue weighted by atomic mass is 32.2. The average molecular weight is 268 g/mol. The lowest BCUT2D eigenvalue weighted by Crippen LogP contribution is -2.02. The summed E-state index contributed by atoms with van der Waals surface area (Å²) >= 11 is 0.967. The third kappa shape index (κ3) is 2.05. The molecule has 17 heavy (non-hydrogen) atoms. The zero-order valence-electron chi connectivity index (χ0n) is 8.29. The van der Waals surface area contributed by atoms with Crippen molar-refractivity contribution >= 4 is 21.2 Å². The normalized spacial score (nSPS) is 11.1. The third-order valence-corrected chi connectivity index (χ3v) is 4.96. The molecule has 0 amide bonds. The summed E-state index contributed by atoms with van der Waals surface area (Å²) < 4.78 is 37.0. The number of benzene rings is 1. The summed E-state index contributed by atoms with van der Waals surface area (Å²) in [5, 5.41) is 10.2. The van der Waals surface area contributed by atoms with Gasteiger partial charge in [-0.15, -0.1) is 11.3 Å². The molecule has 2 rings (SSSR count). The largest absolute Gasteiger partial charge is 0.233 e. The minimum Gasteiger partial charge on any atom is -0.233 e. The fourth-order valence-corrected chi connectivity index (χ4v) is 3.44. The molecule has 1 aromatic carbocycles. The highest BCUT2D eigenvalue weighted by Gasteiger charge is 2.21. The summed E-state index contributed by atoms with van der Waals surface area (Å²) in [7, 11) is -3.76. The maximum atomic E-state index is 13.1. The molecule has 1 aromatic heterocycles. The van der Waals surface area contributed by atoms with Gasteiger partial charge < -0.3 is 0 Å². The van der Waals surface area contributed by atoms with Crippen molar-refractivity contribution in [3.63, 3.8) is 0 Å². The molecular formula is C10H5FN2O2S2. The Hall–Kier alpha value is -1.78. The summed E-state index contributed by atoms with van der Waals surface area (Å²) in [6.45, 7) is 0. The number of rotatable bonds is 2. The molecule has 0 radical (unpaired) electrons. The van der Waals surface area contributed by atoms with Gasteiger partial charge in [0.15, 0.2) is 0 Å². The van der Waals surface area contributed by atoms with Gasteiger partial charge in [-0.2, -0.15) is 5.26 Å². The molecule has 0 fully saturated rings. The van der Waals surface area contributed by atoms with Crippen molar-refractivity contribution < 1.29 is 12.8 Å². The zero-order valence-corrected chi connectivity index (χ0v) is 9.93. The van der Waals surface area contributed by atoms with E-state index in [1.54, 1.807) is 6.07 Å². The molecule has 0 aliphatic carbocycles. The first kappa shape index (κ1) is 11.7. The van der Waals surface area contributed by atoms with Crippen LogP contribution in [-0.4, -0.2) is 13.4 Å². The molecule has 0 unspecified atom stereocenters. The van der Waals surface area contributed by atoms with Crippen LogP contribution in [0.4, 0.5) is 4.39 Å². The van der Waals surface area contributed by atoms with Crippen LogP contribution in [0.3, 0.4) is 0 Å². The third-order valence-electron chi connectivity index (χ3n) is 2.01. The van der Waals surface area contributed by atoms with Crippen molar-refractivity contribution in [3.8, 4) is 6.07 Å². The second-order valence-corrected chi connectivity index (χ2v) is 6.07. The number of nitrogens with zero attached hydrogens (tertiary/aromatic N) is 2. The van der Waals surface area contributed by atoms with Crippen molar-refractivity contribution in [3.05, 3.63) is 41.2 Å². The minimum absolute atomic E-state index is 0.0759. The maximum Gasteiger partial charge on any atom is 0.233 e. The van der Waals surface area contributed by atoms with Crippen LogP contribution >= 0.6 is 11.3 Å². The van der Waals surface area contributed by atoms with Gasteiger partial charge in [0.25, 0.3) is 0 Å². The van der Waals surface area contributed by atoms with E-state index in [-0.39, 0.29) is 14.8 Å². The van der Waals surface area contributed by atoms with Gasteiger partial charge in [-0.05, 0) is 18.2 Å². The Labute approximate surface area is 101 Å². The van der Waals surface area contributed by atoms with Gasteiger partial charge in [0.05, 0.1) is 10.5 Å². The number of hydrogen-bond donors (Lipinski definition) is 0. The summed E-state index contributed by atoms with van der Waals surface area (Å²) in [4.78, 5) is 3.56. The second-order valence-electron chi connectivity index (χ2n) is 3.05. The minimum atomic E-state index is -3.76. The molecule has 0 saturated carbocycles. The monoisotopic (exact) mass is 268 g/mol. The van der Waals surface area contributed by atoms with Crippen LogP contribution in [0.2, 0.25) is 0 Å². The Morgan fingerprint density at radius 3 is 2.76 bits per heavy atom. The average Bonchev–Trinajstić information content (AvgIpc) is 2.83. The van der Waals surface area contributed by atoms with E-state index in [0.29, 0.717) is 0 Å². The van der Waals surface area contributed by atoms with Crippen molar-refractivity contribution in [1.29, 1.82) is 5.26 Å². The van der Waals surface area contributed by atoms with E-state index in [9.17, 15) is 12.8 Å². The molecule has 0 atom stereocenters. The fraction of sp³-hybridized carbons (Fsp3) is 0. The number of halogens is 1. The second kappa shape index (κ2) is 4.24. The van der Waals surface area contributed by atoms with Crippen LogP contribution in [-0.2, 0) is 9.84 Å². The molecule has 0 spiro atoms. The van der Waals surface area contributed by atoms with E-state index in [2.05, 4.69) is 4.98 Å². The molecule has 7 heteroatoms. The Bertz CT molecular complexity index is 688. The Kier molecular flexibility index (Phi) is 2.92. The smallest absolute Gasteiger partial charge is 0.233 e. The van der Waals surface area contributed by atoms with Crippen molar-refractivity contribution in [2.24, 2.45) is 0 Å². The van der Waals surface area contributed by atoms with E-state index >= 15 is 0 Å². The van der Waals surface area contributed by atoms with Crippen molar-refractivity contribution in [2.45, 2.75) is 9.24 Å². The van der Waals surface area contributed by atoms with Gasteiger partial charge in [-0.1, -0.05) is 0 Å². The number of thiazole rings is 1. The number of aromatic nitrogens is 1. The predicted octanol–water partition coefficient (Wildman–Crippen LogP) is 1.99. The van der Waals surface area contributed by atoms with Crippen LogP contribution in [0.1, 0.15) is 5.56 Å². The molecule has 2 aromatic rings. The van der Waals surface area contributed by atoms with Crippen LogP contribution in [0, 0.1) is 17.1 Å². The molecule has 0 N–H and O–H groups in total. The van der Waals surface area contributed by atoms with Gasteiger partial charge >= 0.3 is 0 Å². The Morgan fingerprint density at radius 1 is 1.41 bits per heavy atom. The summed E-state index contributed by atoms with van der Waals surface area (Å²) in [6, 6.07) is 4.68. The first-order valence-electron chi connectivity index (χ1n) is 4.40. The quantitative estimate of drug-likeness (QED) is 0.781. The number of nitriles is 1. The molecule has 4 nitrogen and oxygen atoms in total. The topological polar surface area (TPSA) is 70.8 Å². The zero-order chi connectivity index (χ0) is 12.5. The standard InChI is InChI=1S/C10H5FN2O2S2/c11-9-2-1-8(5-7(9)6-12)17(14,15)10-13-3-4-16-10/h1-5H. The van der Waals surface area contributed by atoms with Crippen molar-refractivity contribution in [1.82, 2.24) is 4.98 Å². The van der Waals surface area contributed by atoms with Gasteiger partial charge in [0.1, 0.15) is 11.9 Å². The van der Waals surface area contributed by atoms with E-state index in [4.69, 9.17) is 5.26 Å². The lowest BCUT2D eigenvalue weighted by Gasteiger charge is -2.01. The SMILES string of the molecule is N#Cc1cc(S(=O)(=O)c2nccs2)ccc1F. The predicted molar refractivity (Wildman–Crippen MR) is 58.7 cm³/mol. The Balaban J connectivity index is 2.60. The van der Waals surface area contributed by atoms with Crippen LogP contribution in [0.25, 0.3) is 0 Å². The molecule has 0 saturated heterocycles. The summed E-state index contributed by atoms with van der Waals surface area (Å²) in [5.41, 5.74) is -0.303. The fourth-order valence-electron chi connectivity index (χ4n) is 1.20. The highest BCUT2D eigenvalue weighted by Crippen LogP contribution is 2.23. The van der Waals surface area contributed by atoms with E-state index in [1.165, 1.54) is 11.6 Å². The molecule has 0 aliphatic heterocycles. The molecule has 0 aliphatic rings. The highest BCUT2D eigenvalue weighted by molar-refractivity contribution is 7.93. The van der Waals surface area contributed by atoms with E-state index in [0.717, 1.165) is 29.5 Å². The van der Waals surface area contributed by atoms with Crippen LogP contribution in [0.5, 0.6) is 0 Å². The van der Waals surface area contributed by atoms with Crippen LogP contribution in [0.15, 0.2) is 39.0 Å². The van der Waals surface area contributed by atoms with Gasteiger partial charge in [-0.3, -0.25) is 0 Å². The molecule has 86 valence electrons. The van der Waals surface area contributed by atoms with Crippen molar-refractivity contribution in [2.75, 3.05) is 0 Å². The van der Waals surface area contributed by atoms with Crippen LogP contribution < -0.4 is 0 Å². The summed E-state index contributed by atoms with van der Waals surface area (Å²) in [5.74, 6) is -0.745. The van der Waals surface area contributed by atoms with Gasteiger partial charge in [0, 0.05) is 11.6 Å². The number of hydrogen-bond acceptors (Lipinski definition) is 5. The first-order chi connectivity index (χ1) is 8.05. The molecule has 1 heterocycles. The lowest BCUT2D eigenvalue weighted by molar-refractivity contribution is 0.593. The number of sulfone groups is 1. The molecule has 0 bridgehead atoms. The first-order valence-corrected chi connectivity index (χ1v) is 6.76. The van der Waals surface area contributed by atoms with Gasteiger partial charge in [-0.25, -0.2) is 17.8 Å². The van der Waals surface area contributed by atoms with E-state index in [1.807, 2.05) is 0 Å². The molecular weight excluding hydrogens is 263 g/mol. The van der Waals surface area contributed by atoms with Gasteiger partial charge in [0.2, 0.25) is 14.2 Å². The van der Waals surface area contributed by atoms with E-state index < -0.39 is 15.7 Å². The Morgan fingerprint density at radius 2 is 2.18 bits per heavy atom. The maximum absolute atomic E-state index is 13.1. The summed E-state index contributed by atoms with van der Waals surface area (Å²) in [6.07, 6.45) is 1.37. The lowest BCUT2D eigenvalue weighted by atomic mass is 10.2.